The molecule has 4 N–H and O–H groups in total. The highest BCUT2D eigenvalue weighted by Gasteiger charge is 2.26. The van der Waals surface area contributed by atoms with Gasteiger partial charge in [0.05, 0.1) is 21.3 Å². The third kappa shape index (κ3) is 5.57. The smallest absolute Gasteiger partial charge is 0.326 e. The third-order valence-corrected chi connectivity index (χ3v) is 5.24. The number of nitriles is 1. The lowest BCUT2D eigenvalue weighted by Crippen LogP contribution is -2.41. The molecule has 13 heteroatoms. The number of hydrogen-bond acceptors (Lipinski definition) is 5. The van der Waals surface area contributed by atoms with Crippen LogP contribution in [0, 0.1) is 23.0 Å². The molecule has 3 rings (SSSR count). The highest BCUT2D eigenvalue weighted by atomic mass is 35.5. The normalized spacial score (nSPS) is 10.2. The summed E-state index contributed by atoms with van der Waals surface area (Å²) in [5.74, 6) is -4.49. The Labute approximate surface area is 212 Å². The van der Waals surface area contributed by atoms with E-state index in [4.69, 9.17) is 34.2 Å². The highest BCUT2D eigenvalue weighted by molar-refractivity contribution is 6.38. The van der Waals surface area contributed by atoms with Crippen molar-refractivity contribution in [1.82, 2.24) is 5.32 Å². The fourth-order valence-corrected chi connectivity index (χ4v) is 3.44. The van der Waals surface area contributed by atoms with E-state index >= 15 is 0 Å². The van der Waals surface area contributed by atoms with E-state index in [1.165, 1.54) is 30.3 Å². The fraction of sp³-hybridized carbons (Fsp3) is 0. The number of imide groups is 2. The maximum Gasteiger partial charge on any atom is 0.326 e. The fourth-order valence-electron chi connectivity index (χ4n) is 2.99. The van der Waals surface area contributed by atoms with Gasteiger partial charge in [0.2, 0.25) is 0 Å². The van der Waals surface area contributed by atoms with Crippen molar-refractivity contribution in [3.8, 4) is 6.07 Å². The molecule has 0 aliphatic rings. The number of carbonyl (C=O) groups excluding carboxylic acids is 4. The first-order valence-electron chi connectivity index (χ1n) is 9.73. The molecule has 0 aromatic heterocycles. The maximum absolute atomic E-state index is 13.7. The Bertz CT molecular complexity index is 1420. The van der Waals surface area contributed by atoms with Crippen LogP contribution in [0.3, 0.4) is 0 Å². The molecule has 9 nitrogen and oxygen atoms in total. The van der Waals surface area contributed by atoms with Crippen LogP contribution in [0.2, 0.25) is 10.0 Å². The molecule has 3 aromatic carbocycles. The van der Waals surface area contributed by atoms with Gasteiger partial charge in [0, 0.05) is 11.3 Å². The first-order chi connectivity index (χ1) is 17.0. The van der Waals surface area contributed by atoms with E-state index in [9.17, 15) is 28.0 Å². The standard InChI is InChI=1S/C23H13Cl2F2N5O4/c24-14-9-18(15(25)8-12(14)10-28)32(22(29)35)21(34)11-4-6-13(7-5-11)30-23(36)31-20(33)19-16(26)2-1-3-17(19)27/h1-9H,(H2,29,35)(H2,30,31,33,36). The maximum atomic E-state index is 13.7. The molecule has 36 heavy (non-hydrogen) atoms. The van der Waals surface area contributed by atoms with Gasteiger partial charge in [0.25, 0.3) is 11.8 Å². The molecule has 6 amide bonds. The summed E-state index contributed by atoms with van der Waals surface area (Å²) in [4.78, 5) is 49.6. The Morgan fingerprint density at radius 2 is 1.56 bits per heavy atom. The number of primary amides is 1. The number of hydrogen-bond donors (Lipinski definition) is 3. The monoisotopic (exact) mass is 531 g/mol. The summed E-state index contributed by atoms with van der Waals surface area (Å²) in [6.07, 6.45) is 0. The first kappa shape index (κ1) is 26.1. The molecule has 0 atom stereocenters. The SMILES string of the molecule is N#Cc1cc(Cl)c(N(C(N)=O)C(=O)c2ccc(NC(=O)NC(=O)c3c(F)cccc3F)cc2)cc1Cl. The number of anilines is 2. The molecule has 0 spiro atoms. The van der Waals surface area contributed by atoms with Crippen molar-refractivity contribution < 1.29 is 28.0 Å². The molecule has 0 unspecified atom stereocenters. The Morgan fingerprint density at radius 3 is 2.11 bits per heavy atom. The molecule has 0 radical (unpaired) electrons. The highest BCUT2D eigenvalue weighted by Crippen LogP contribution is 2.32. The van der Waals surface area contributed by atoms with Crippen LogP contribution in [0.5, 0.6) is 0 Å². The Kier molecular flexibility index (Phi) is 7.83. The number of rotatable bonds is 4. The molecule has 0 aliphatic carbocycles. The lowest BCUT2D eigenvalue weighted by atomic mass is 10.1. The van der Waals surface area contributed by atoms with Gasteiger partial charge in [-0.2, -0.15) is 5.26 Å². The van der Waals surface area contributed by atoms with Crippen LogP contribution >= 0.6 is 23.2 Å². The molecule has 182 valence electrons. The van der Waals surface area contributed by atoms with Crippen LogP contribution in [-0.2, 0) is 0 Å². The zero-order valence-corrected chi connectivity index (χ0v) is 19.3. The number of nitrogens with two attached hydrogens (primary N) is 1. The lowest BCUT2D eigenvalue weighted by molar-refractivity contribution is 0.0956. The largest absolute Gasteiger partial charge is 0.351 e. The molecule has 0 aliphatic heterocycles. The molecule has 0 bridgehead atoms. The number of benzene rings is 3. The molecule has 0 fully saturated rings. The van der Waals surface area contributed by atoms with E-state index in [-0.39, 0.29) is 32.5 Å². The third-order valence-electron chi connectivity index (χ3n) is 4.63. The Balaban J connectivity index is 1.76. The van der Waals surface area contributed by atoms with Gasteiger partial charge >= 0.3 is 12.1 Å². The zero-order chi connectivity index (χ0) is 26.6. The van der Waals surface area contributed by atoms with Gasteiger partial charge in [-0.05, 0) is 48.5 Å². The van der Waals surface area contributed by atoms with Gasteiger partial charge in [0.15, 0.2) is 0 Å². The minimum absolute atomic E-state index is 0.0206. The van der Waals surface area contributed by atoms with E-state index < -0.39 is 41.1 Å². The molecular weight excluding hydrogens is 519 g/mol. The van der Waals surface area contributed by atoms with Crippen LogP contribution in [0.25, 0.3) is 0 Å². The Hall–Kier alpha value is -4.53. The average molecular weight is 532 g/mol. The number of nitrogens with zero attached hydrogens (tertiary/aromatic N) is 2. The molecule has 0 heterocycles. The minimum atomic E-state index is -1.30. The van der Waals surface area contributed by atoms with Crippen LogP contribution in [0.15, 0.2) is 54.6 Å². The van der Waals surface area contributed by atoms with E-state index in [1.807, 2.05) is 0 Å². The van der Waals surface area contributed by atoms with E-state index in [0.717, 1.165) is 24.3 Å². The second-order valence-corrected chi connectivity index (χ2v) is 7.77. The van der Waals surface area contributed by atoms with E-state index in [1.54, 1.807) is 11.4 Å². The van der Waals surface area contributed by atoms with Gasteiger partial charge in [-0.1, -0.05) is 29.3 Å². The van der Waals surface area contributed by atoms with Crippen LogP contribution in [0.4, 0.5) is 29.7 Å². The van der Waals surface area contributed by atoms with Crippen molar-refractivity contribution in [2.75, 3.05) is 10.2 Å². The molecular formula is C23H13Cl2F2N5O4. The van der Waals surface area contributed by atoms with Crippen molar-refractivity contribution >= 4 is 58.5 Å². The first-order valence-corrected chi connectivity index (χ1v) is 10.5. The average Bonchev–Trinajstić information content (AvgIpc) is 2.81. The number of nitrogens with one attached hydrogen (secondary N) is 2. The van der Waals surface area contributed by atoms with Crippen molar-refractivity contribution in [3.63, 3.8) is 0 Å². The van der Waals surface area contributed by atoms with Crippen molar-refractivity contribution in [2.24, 2.45) is 5.73 Å². The van der Waals surface area contributed by atoms with Gasteiger partial charge in [-0.3, -0.25) is 14.9 Å². The quantitative estimate of drug-likeness (QED) is 0.441. The molecule has 3 aromatic rings. The summed E-state index contributed by atoms with van der Waals surface area (Å²) in [6.45, 7) is 0. The number of urea groups is 2. The van der Waals surface area contributed by atoms with Gasteiger partial charge in [0.1, 0.15) is 23.3 Å². The van der Waals surface area contributed by atoms with Crippen molar-refractivity contribution in [1.29, 1.82) is 5.26 Å². The minimum Gasteiger partial charge on any atom is -0.351 e. The van der Waals surface area contributed by atoms with Crippen LogP contribution in [-0.4, -0.2) is 23.9 Å². The zero-order valence-electron chi connectivity index (χ0n) is 17.8. The topological polar surface area (TPSA) is 145 Å². The van der Waals surface area contributed by atoms with Crippen LogP contribution in [0.1, 0.15) is 26.3 Å². The van der Waals surface area contributed by atoms with Crippen LogP contribution < -0.4 is 21.3 Å². The second-order valence-electron chi connectivity index (χ2n) is 6.96. The summed E-state index contributed by atoms with van der Waals surface area (Å²) in [6, 6.07) is 9.60. The van der Waals surface area contributed by atoms with Gasteiger partial charge in [-0.25, -0.2) is 23.3 Å². The molecule has 0 saturated heterocycles. The van der Waals surface area contributed by atoms with Gasteiger partial charge < -0.3 is 11.1 Å². The number of amides is 6. The number of halogens is 4. The molecule has 0 saturated carbocycles. The predicted octanol–water partition coefficient (Wildman–Crippen LogP) is 4.83. The van der Waals surface area contributed by atoms with Crippen molar-refractivity contribution in [2.45, 2.75) is 0 Å². The predicted molar refractivity (Wildman–Crippen MR) is 127 cm³/mol. The summed E-state index contributed by atoms with van der Waals surface area (Å²) >= 11 is 12.1. The summed E-state index contributed by atoms with van der Waals surface area (Å²) in [5.41, 5.74) is 4.33. The van der Waals surface area contributed by atoms with E-state index in [2.05, 4.69) is 5.32 Å². The van der Waals surface area contributed by atoms with Gasteiger partial charge in [-0.15, -0.1) is 0 Å². The van der Waals surface area contributed by atoms with Crippen molar-refractivity contribution in [3.05, 3.63) is 93.0 Å². The summed E-state index contributed by atoms with van der Waals surface area (Å²) in [7, 11) is 0. The van der Waals surface area contributed by atoms with E-state index in [0.29, 0.717) is 4.90 Å². The number of carbonyl (C=O) groups is 4. The summed E-state index contributed by atoms with van der Waals surface area (Å²) in [5, 5.41) is 12.9. The Morgan fingerprint density at radius 1 is 0.944 bits per heavy atom. The summed E-state index contributed by atoms with van der Waals surface area (Å²) < 4.78 is 27.4. The second kappa shape index (κ2) is 10.8. The lowest BCUT2D eigenvalue weighted by Gasteiger charge is -2.20.